The van der Waals surface area contributed by atoms with E-state index >= 15 is 0 Å². The maximum Gasteiger partial charge on any atom is 0.410 e. The molecular weight excluding hydrogens is 234 g/mol. The quantitative estimate of drug-likeness (QED) is 0.737. The molecule has 0 radical (unpaired) electrons. The Balaban J connectivity index is 2.54. The number of aliphatic hydroxyl groups excluding tert-OH is 1. The zero-order valence-electron chi connectivity index (χ0n) is 11.6. The molecule has 1 aliphatic heterocycles. The van der Waals surface area contributed by atoms with Crippen molar-refractivity contribution in [3.8, 4) is 0 Å². The molecule has 1 aliphatic rings. The fraction of sp³-hybridized carbons (Fsp3) is 0.917. The third-order valence-corrected chi connectivity index (χ3v) is 2.88. The summed E-state index contributed by atoms with van der Waals surface area (Å²) in [6, 6.07) is -0.0465. The molecule has 0 bridgehead atoms. The number of nitrogens with zero attached hydrogens (tertiary/aromatic N) is 2. The normalized spacial score (nSPS) is 22.1. The molecule has 1 rings (SSSR count). The first-order valence-electron chi connectivity index (χ1n) is 6.40. The Morgan fingerprint density at radius 3 is 2.61 bits per heavy atom. The highest BCUT2D eigenvalue weighted by molar-refractivity contribution is 5.68. The average molecular weight is 259 g/mol. The Labute approximate surface area is 109 Å². The largest absolute Gasteiger partial charge is 0.444 e. The molecule has 18 heavy (non-hydrogen) atoms. The lowest BCUT2D eigenvalue weighted by molar-refractivity contribution is -0.00354. The van der Waals surface area contributed by atoms with Gasteiger partial charge in [0.1, 0.15) is 5.60 Å². The minimum Gasteiger partial charge on any atom is -0.444 e. The standard InChI is InChI=1S/C12H25N3O3/c1-12(2,3)18-11(17)15-7-6-14(5-4-13)10(8-15)9-16/h10,16H,4-9,13H2,1-3H3/t10-/m0/s1. The molecule has 1 heterocycles. The number of rotatable bonds is 3. The molecule has 1 amide bonds. The van der Waals surface area contributed by atoms with Crippen LogP contribution in [0.25, 0.3) is 0 Å². The summed E-state index contributed by atoms with van der Waals surface area (Å²) in [6.45, 7) is 8.70. The highest BCUT2D eigenvalue weighted by atomic mass is 16.6. The van der Waals surface area contributed by atoms with Crippen molar-refractivity contribution in [3.63, 3.8) is 0 Å². The van der Waals surface area contributed by atoms with Gasteiger partial charge in [-0.2, -0.15) is 0 Å². The van der Waals surface area contributed by atoms with Crippen LogP contribution in [0.15, 0.2) is 0 Å². The lowest BCUT2D eigenvalue weighted by Crippen LogP contribution is -2.57. The number of hydrogen-bond acceptors (Lipinski definition) is 5. The van der Waals surface area contributed by atoms with Gasteiger partial charge >= 0.3 is 6.09 Å². The van der Waals surface area contributed by atoms with Gasteiger partial charge in [-0.1, -0.05) is 0 Å². The van der Waals surface area contributed by atoms with E-state index in [1.54, 1.807) is 4.90 Å². The first-order valence-corrected chi connectivity index (χ1v) is 6.40. The minimum absolute atomic E-state index is 0.0271. The first-order chi connectivity index (χ1) is 8.37. The number of nitrogens with two attached hydrogens (primary N) is 1. The topological polar surface area (TPSA) is 79.0 Å². The summed E-state index contributed by atoms with van der Waals surface area (Å²) in [5, 5.41) is 9.36. The number of aliphatic hydroxyl groups is 1. The number of hydrogen-bond donors (Lipinski definition) is 2. The maximum absolute atomic E-state index is 11.9. The fourth-order valence-electron chi connectivity index (χ4n) is 2.02. The summed E-state index contributed by atoms with van der Waals surface area (Å²) >= 11 is 0. The van der Waals surface area contributed by atoms with Crippen molar-refractivity contribution < 1.29 is 14.6 Å². The van der Waals surface area contributed by atoms with Crippen LogP contribution < -0.4 is 5.73 Å². The smallest absolute Gasteiger partial charge is 0.410 e. The van der Waals surface area contributed by atoms with Crippen molar-refractivity contribution in [3.05, 3.63) is 0 Å². The zero-order valence-corrected chi connectivity index (χ0v) is 11.6. The third-order valence-electron chi connectivity index (χ3n) is 2.88. The maximum atomic E-state index is 11.9. The molecule has 0 aromatic carbocycles. The highest BCUT2D eigenvalue weighted by Crippen LogP contribution is 2.14. The molecule has 6 heteroatoms. The van der Waals surface area contributed by atoms with Crippen molar-refractivity contribution in [2.45, 2.75) is 32.4 Å². The summed E-state index contributed by atoms with van der Waals surface area (Å²) < 4.78 is 5.33. The van der Waals surface area contributed by atoms with E-state index in [1.807, 2.05) is 20.8 Å². The zero-order chi connectivity index (χ0) is 13.8. The number of carbonyl (C=O) groups is 1. The summed E-state index contributed by atoms with van der Waals surface area (Å²) in [7, 11) is 0. The Morgan fingerprint density at radius 2 is 2.11 bits per heavy atom. The van der Waals surface area contributed by atoms with Gasteiger partial charge in [-0.25, -0.2) is 4.79 Å². The Bertz CT molecular complexity index is 278. The average Bonchev–Trinajstić information content (AvgIpc) is 2.27. The van der Waals surface area contributed by atoms with E-state index < -0.39 is 5.60 Å². The van der Waals surface area contributed by atoms with Gasteiger partial charge in [0.2, 0.25) is 0 Å². The molecule has 6 nitrogen and oxygen atoms in total. The summed E-state index contributed by atoms with van der Waals surface area (Å²) in [4.78, 5) is 15.7. The molecular formula is C12H25N3O3. The van der Waals surface area contributed by atoms with E-state index in [9.17, 15) is 9.90 Å². The van der Waals surface area contributed by atoms with E-state index in [0.717, 1.165) is 13.1 Å². The fourth-order valence-corrected chi connectivity index (χ4v) is 2.02. The molecule has 0 spiro atoms. The van der Waals surface area contributed by atoms with E-state index in [1.165, 1.54) is 0 Å². The van der Waals surface area contributed by atoms with E-state index in [2.05, 4.69) is 4.90 Å². The molecule has 3 N–H and O–H groups in total. The number of ether oxygens (including phenoxy) is 1. The van der Waals surface area contributed by atoms with Gasteiger partial charge in [0.25, 0.3) is 0 Å². The van der Waals surface area contributed by atoms with Crippen LogP contribution in [-0.4, -0.2) is 72.0 Å². The monoisotopic (exact) mass is 259 g/mol. The number of amides is 1. The second-order valence-electron chi connectivity index (χ2n) is 5.59. The molecule has 0 saturated carbocycles. The summed E-state index contributed by atoms with van der Waals surface area (Å²) in [5.41, 5.74) is 5.04. The van der Waals surface area contributed by atoms with Crippen LogP contribution in [0.4, 0.5) is 4.79 Å². The SMILES string of the molecule is CC(C)(C)OC(=O)N1CCN(CCN)[C@H](CO)C1. The van der Waals surface area contributed by atoms with Crippen molar-refractivity contribution in [1.29, 1.82) is 0 Å². The van der Waals surface area contributed by atoms with Crippen LogP contribution in [0.1, 0.15) is 20.8 Å². The summed E-state index contributed by atoms with van der Waals surface area (Å²) in [5.74, 6) is 0. The minimum atomic E-state index is -0.486. The Morgan fingerprint density at radius 1 is 1.44 bits per heavy atom. The Kier molecular flexibility index (Phi) is 5.37. The second kappa shape index (κ2) is 6.36. The lowest BCUT2D eigenvalue weighted by Gasteiger charge is -2.40. The van der Waals surface area contributed by atoms with Gasteiger partial charge in [-0.05, 0) is 20.8 Å². The highest BCUT2D eigenvalue weighted by Gasteiger charge is 2.31. The van der Waals surface area contributed by atoms with Gasteiger partial charge in [-0.3, -0.25) is 4.90 Å². The first kappa shape index (κ1) is 15.2. The molecule has 0 aromatic rings. The van der Waals surface area contributed by atoms with Crippen molar-refractivity contribution in [1.82, 2.24) is 9.80 Å². The molecule has 1 atom stereocenters. The van der Waals surface area contributed by atoms with Crippen molar-refractivity contribution in [2.75, 3.05) is 39.3 Å². The van der Waals surface area contributed by atoms with Gasteiger partial charge < -0.3 is 20.5 Å². The van der Waals surface area contributed by atoms with Crippen LogP contribution in [0.5, 0.6) is 0 Å². The van der Waals surface area contributed by atoms with Gasteiger partial charge in [0, 0.05) is 32.7 Å². The van der Waals surface area contributed by atoms with Crippen LogP contribution >= 0.6 is 0 Å². The predicted molar refractivity (Wildman–Crippen MR) is 69.3 cm³/mol. The van der Waals surface area contributed by atoms with Crippen molar-refractivity contribution >= 4 is 6.09 Å². The molecule has 106 valence electrons. The number of carbonyl (C=O) groups excluding carboxylic acids is 1. The van der Waals surface area contributed by atoms with Crippen LogP contribution in [-0.2, 0) is 4.74 Å². The second-order valence-corrected chi connectivity index (χ2v) is 5.59. The van der Waals surface area contributed by atoms with Crippen LogP contribution in [0, 0.1) is 0 Å². The summed E-state index contributed by atoms with van der Waals surface area (Å²) in [6.07, 6.45) is -0.312. The van der Waals surface area contributed by atoms with Crippen molar-refractivity contribution in [2.24, 2.45) is 5.73 Å². The van der Waals surface area contributed by atoms with Gasteiger partial charge in [-0.15, -0.1) is 0 Å². The molecule has 0 aromatic heterocycles. The number of piperazine rings is 1. The molecule has 1 fully saturated rings. The predicted octanol–water partition coefficient (Wildman–Crippen LogP) is -0.141. The van der Waals surface area contributed by atoms with E-state index in [0.29, 0.717) is 19.6 Å². The molecule has 0 aliphatic carbocycles. The van der Waals surface area contributed by atoms with E-state index in [4.69, 9.17) is 10.5 Å². The van der Waals surface area contributed by atoms with Gasteiger partial charge in [0.15, 0.2) is 0 Å². The van der Waals surface area contributed by atoms with Gasteiger partial charge in [0.05, 0.1) is 12.6 Å². The lowest BCUT2D eigenvalue weighted by atomic mass is 10.1. The Hall–Kier alpha value is -0.850. The van der Waals surface area contributed by atoms with Crippen LogP contribution in [0.2, 0.25) is 0 Å². The van der Waals surface area contributed by atoms with E-state index in [-0.39, 0.29) is 18.7 Å². The third kappa shape index (κ3) is 4.44. The molecule has 1 saturated heterocycles. The van der Waals surface area contributed by atoms with Crippen LogP contribution in [0.3, 0.4) is 0 Å². The molecule has 0 unspecified atom stereocenters.